The van der Waals surface area contributed by atoms with Crippen LogP contribution in [-0.4, -0.2) is 21.1 Å². The van der Waals surface area contributed by atoms with Crippen molar-refractivity contribution in [2.45, 2.75) is 32.7 Å². The molecule has 1 unspecified atom stereocenters. The maximum atomic E-state index is 12.2. The second-order valence-electron chi connectivity index (χ2n) is 6.07. The van der Waals surface area contributed by atoms with Crippen LogP contribution < -0.4 is 10.5 Å². The lowest BCUT2D eigenvalue weighted by Gasteiger charge is -2.34. The van der Waals surface area contributed by atoms with Crippen molar-refractivity contribution in [3.63, 3.8) is 0 Å². The second-order valence-corrected chi connectivity index (χ2v) is 7.23. The van der Waals surface area contributed by atoms with Crippen molar-refractivity contribution >= 4 is 22.0 Å². The van der Waals surface area contributed by atoms with Gasteiger partial charge in [0.25, 0.3) is 5.56 Å². The van der Waals surface area contributed by atoms with Gasteiger partial charge in [-0.2, -0.15) is 9.61 Å². The largest absolute Gasteiger partial charge is 0.365 e. The summed E-state index contributed by atoms with van der Waals surface area (Å²) in [5.41, 5.74) is 3.34. The highest BCUT2D eigenvalue weighted by atomic mass is 32.1. The van der Waals surface area contributed by atoms with Gasteiger partial charge in [-0.3, -0.25) is 4.79 Å². The predicted octanol–water partition coefficient (Wildman–Crippen LogP) is 2.97. The number of anilines is 1. The standard InChI is InChI=1S/C17H18N4OS/c1-11-7-8-20(15-6-4-3-5-14(11)15)10-13-9-16(22)21-17(18-13)23-12(2)19-21/h3-6,9,11H,7-8,10H2,1-2H3. The number of fused-ring (bicyclic) bond motifs is 2. The maximum Gasteiger partial charge on any atom is 0.275 e. The second kappa shape index (κ2) is 5.45. The van der Waals surface area contributed by atoms with E-state index in [0.29, 0.717) is 17.4 Å². The summed E-state index contributed by atoms with van der Waals surface area (Å²) < 4.78 is 1.38. The van der Waals surface area contributed by atoms with Crippen LogP contribution in [0.15, 0.2) is 35.1 Å². The highest BCUT2D eigenvalue weighted by Gasteiger charge is 2.22. The predicted molar refractivity (Wildman–Crippen MR) is 92.4 cm³/mol. The van der Waals surface area contributed by atoms with Gasteiger partial charge >= 0.3 is 0 Å². The first-order chi connectivity index (χ1) is 11.1. The molecular weight excluding hydrogens is 308 g/mol. The molecule has 0 bridgehead atoms. The Morgan fingerprint density at radius 1 is 1.35 bits per heavy atom. The van der Waals surface area contributed by atoms with Gasteiger partial charge in [-0.25, -0.2) is 4.98 Å². The van der Waals surface area contributed by atoms with Crippen molar-refractivity contribution in [2.24, 2.45) is 0 Å². The molecule has 0 N–H and O–H groups in total. The molecule has 118 valence electrons. The van der Waals surface area contributed by atoms with E-state index < -0.39 is 0 Å². The number of aromatic nitrogens is 3. The molecule has 1 aliphatic rings. The number of nitrogens with zero attached hydrogens (tertiary/aromatic N) is 4. The van der Waals surface area contributed by atoms with Crippen molar-refractivity contribution in [3.8, 4) is 0 Å². The van der Waals surface area contributed by atoms with Crippen LogP contribution >= 0.6 is 11.3 Å². The molecule has 0 radical (unpaired) electrons. The lowest BCUT2D eigenvalue weighted by molar-refractivity contribution is 0.605. The average Bonchev–Trinajstić information content (AvgIpc) is 2.91. The monoisotopic (exact) mass is 326 g/mol. The first kappa shape index (κ1) is 14.4. The first-order valence-corrected chi connectivity index (χ1v) is 8.64. The number of hydrogen-bond acceptors (Lipinski definition) is 5. The summed E-state index contributed by atoms with van der Waals surface area (Å²) in [5.74, 6) is 0.577. The van der Waals surface area contributed by atoms with Crippen molar-refractivity contribution in [3.05, 3.63) is 57.0 Å². The molecular formula is C17H18N4OS. The first-order valence-electron chi connectivity index (χ1n) is 7.82. The number of hydrogen-bond donors (Lipinski definition) is 0. The van der Waals surface area contributed by atoms with Crippen LogP contribution in [0.4, 0.5) is 5.69 Å². The van der Waals surface area contributed by atoms with Crippen molar-refractivity contribution < 1.29 is 0 Å². The summed E-state index contributed by atoms with van der Waals surface area (Å²) in [7, 11) is 0. The Bertz CT molecular complexity index is 930. The Kier molecular flexibility index (Phi) is 3.41. The third-order valence-electron chi connectivity index (χ3n) is 4.39. The van der Waals surface area contributed by atoms with Gasteiger partial charge in [0.2, 0.25) is 4.96 Å². The zero-order valence-electron chi connectivity index (χ0n) is 13.2. The smallest absolute Gasteiger partial charge is 0.275 e. The van der Waals surface area contributed by atoms with Crippen LogP contribution in [0.2, 0.25) is 0 Å². The van der Waals surface area contributed by atoms with Gasteiger partial charge in [-0.15, -0.1) is 0 Å². The summed E-state index contributed by atoms with van der Waals surface area (Å²) in [4.78, 5) is 19.8. The minimum Gasteiger partial charge on any atom is -0.365 e. The number of aryl methyl sites for hydroxylation is 1. The fourth-order valence-corrected chi connectivity index (χ4v) is 3.98. The quantitative estimate of drug-likeness (QED) is 0.726. The van der Waals surface area contributed by atoms with Crippen molar-refractivity contribution in [2.75, 3.05) is 11.4 Å². The molecule has 0 aliphatic carbocycles. The molecule has 1 atom stereocenters. The molecule has 23 heavy (non-hydrogen) atoms. The van der Waals surface area contributed by atoms with Crippen molar-refractivity contribution in [1.29, 1.82) is 0 Å². The van der Waals surface area contributed by atoms with Gasteiger partial charge in [0, 0.05) is 18.3 Å². The normalized spacial score (nSPS) is 17.5. The van der Waals surface area contributed by atoms with Gasteiger partial charge in [0.15, 0.2) is 0 Å². The summed E-state index contributed by atoms with van der Waals surface area (Å²) in [6.07, 6.45) is 1.12. The Hall–Kier alpha value is -2.21. The Labute approximate surface area is 138 Å². The van der Waals surface area contributed by atoms with Gasteiger partial charge in [0.1, 0.15) is 5.01 Å². The van der Waals surface area contributed by atoms with E-state index in [4.69, 9.17) is 0 Å². The summed E-state index contributed by atoms with van der Waals surface area (Å²) in [6, 6.07) is 10.1. The van der Waals surface area contributed by atoms with Gasteiger partial charge < -0.3 is 4.90 Å². The van der Waals surface area contributed by atoms with Crippen LogP contribution in [0, 0.1) is 6.92 Å². The number of rotatable bonds is 2. The number of para-hydroxylation sites is 1. The van der Waals surface area contributed by atoms with Gasteiger partial charge in [-0.1, -0.05) is 36.5 Å². The molecule has 5 nitrogen and oxygen atoms in total. The molecule has 0 fully saturated rings. The van der Waals surface area contributed by atoms with E-state index in [1.807, 2.05) is 6.92 Å². The zero-order valence-corrected chi connectivity index (χ0v) is 14.0. The zero-order chi connectivity index (χ0) is 16.0. The van der Waals surface area contributed by atoms with Crippen LogP contribution in [0.1, 0.15) is 35.5 Å². The minimum absolute atomic E-state index is 0.104. The lowest BCUT2D eigenvalue weighted by atomic mass is 9.91. The van der Waals surface area contributed by atoms with E-state index in [1.165, 1.54) is 27.1 Å². The lowest BCUT2D eigenvalue weighted by Crippen LogP contribution is -2.31. The van der Waals surface area contributed by atoms with Crippen LogP contribution in [-0.2, 0) is 6.54 Å². The molecule has 1 aliphatic heterocycles. The van der Waals surface area contributed by atoms with Gasteiger partial charge in [-0.05, 0) is 30.9 Å². The summed E-state index contributed by atoms with van der Waals surface area (Å²) >= 11 is 1.45. The molecule has 3 heterocycles. The van der Waals surface area contributed by atoms with Crippen LogP contribution in [0.3, 0.4) is 0 Å². The Morgan fingerprint density at radius 2 is 2.17 bits per heavy atom. The van der Waals surface area contributed by atoms with E-state index in [0.717, 1.165) is 23.7 Å². The van der Waals surface area contributed by atoms with E-state index in [1.54, 1.807) is 6.07 Å². The van der Waals surface area contributed by atoms with E-state index in [9.17, 15) is 4.79 Å². The van der Waals surface area contributed by atoms with Gasteiger partial charge in [0.05, 0.1) is 12.2 Å². The molecule has 0 saturated heterocycles. The average molecular weight is 326 g/mol. The molecule has 0 spiro atoms. The molecule has 6 heteroatoms. The molecule has 3 aromatic rings. The molecule has 4 rings (SSSR count). The molecule has 2 aromatic heterocycles. The third-order valence-corrected chi connectivity index (χ3v) is 5.22. The maximum absolute atomic E-state index is 12.2. The fraction of sp³-hybridized carbons (Fsp3) is 0.353. The van der Waals surface area contributed by atoms with E-state index >= 15 is 0 Å². The SMILES string of the molecule is Cc1nn2c(=O)cc(CN3CCC(C)c4ccccc43)nc2s1. The Morgan fingerprint density at radius 3 is 3.04 bits per heavy atom. The molecule has 0 amide bonds. The van der Waals surface area contributed by atoms with Crippen molar-refractivity contribution in [1.82, 2.24) is 14.6 Å². The highest BCUT2D eigenvalue weighted by molar-refractivity contribution is 7.16. The summed E-state index contributed by atoms with van der Waals surface area (Å²) in [6.45, 7) is 5.81. The Balaban J connectivity index is 1.71. The van der Waals surface area contributed by atoms with E-state index in [-0.39, 0.29) is 5.56 Å². The molecule has 1 aromatic carbocycles. The number of benzene rings is 1. The topological polar surface area (TPSA) is 50.5 Å². The van der Waals surface area contributed by atoms with E-state index in [2.05, 4.69) is 46.2 Å². The van der Waals surface area contributed by atoms with Crippen LogP contribution in [0.5, 0.6) is 0 Å². The van der Waals surface area contributed by atoms with Crippen LogP contribution in [0.25, 0.3) is 4.96 Å². The molecule has 0 saturated carbocycles. The third kappa shape index (κ3) is 2.53. The fourth-order valence-electron chi connectivity index (χ4n) is 3.21. The summed E-state index contributed by atoms with van der Waals surface area (Å²) in [5, 5.41) is 5.04. The minimum atomic E-state index is -0.104. The highest BCUT2D eigenvalue weighted by Crippen LogP contribution is 2.35.